The Kier molecular flexibility index (Phi) is 6.23. The van der Waals surface area contributed by atoms with Gasteiger partial charge in [-0.2, -0.15) is 0 Å². The molecule has 0 bridgehead atoms. The van der Waals surface area contributed by atoms with Gasteiger partial charge in [-0.25, -0.2) is 13.8 Å². The molecule has 0 aliphatic heterocycles. The van der Waals surface area contributed by atoms with E-state index in [2.05, 4.69) is 20.5 Å². The smallest absolute Gasteiger partial charge is 0.261 e. The van der Waals surface area contributed by atoms with Crippen LogP contribution in [0.15, 0.2) is 46.5 Å². The number of benzene rings is 1. The molecule has 0 aliphatic rings. The standard InChI is InChI=1S/C22H20F2N6O2S/c1-12-5-4-8-30-20(12)25-13(2)15(21(30)32)10-18-27-28-22(29(18)3)33-11-19(31)26-17-9-14(23)6-7-16(17)24/h4-9H,10-11H2,1-3H3,(H,26,31). The molecule has 4 aromatic rings. The molecule has 1 N–H and O–H groups in total. The molecular formula is C22H20F2N6O2S. The lowest BCUT2D eigenvalue weighted by atomic mass is 10.1. The van der Waals surface area contributed by atoms with Crippen LogP contribution >= 0.6 is 11.8 Å². The monoisotopic (exact) mass is 470 g/mol. The fraction of sp³-hybridized carbons (Fsp3) is 0.227. The molecule has 1 amide bonds. The molecule has 0 fully saturated rings. The number of anilines is 1. The van der Waals surface area contributed by atoms with Gasteiger partial charge in [0.25, 0.3) is 5.56 Å². The minimum Gasteiger partial charge on any atom is -0.323 e. The molecule has 3 heterocycles. The van der Waals surface area contributed by atoms with Crippen molar-refractivity contribution in [3.05, 3.63) is 81.2 Å². The molecule has 33 heavy (non-hydrogen) atoms. The average Bonchev–Trinajstić information content (AvgIpc) is 3.12. The summed E-state index contributed by atoms with van der Waals surface area (Å²) in [4.78, 5) is 29.8. The second kappa shape index (κ2) is 9.10. The van der Waals surface area contributed by atoms with E-state index in [1.807, 2.05) is 13.0 Å². The van der Waals surface area contributed by atoms with E-state index in [0.29, 0.717) is 27.9 Å². The van der Waals surface area contributed by atoms with Crippen molar-refractivity contribution in [1.29, 1.82) is 0 Å². The summed E-state index contributed by atoms with van der Waals surface area (Å²) in [5.41, 5.74) is 2.23. The molecule has 0 saturated heterocycles. The zero-order valence-electron chi connectivity index (χ0n) is 18.1. The van der Waals surface area contributed by atoms with Crippen LogP contribution < -0.4 is 10.9 Å². The Morgan fingerprint density at radius 1 is 1.18 bits per heavy atom. The van der Waals surface area contributed by atoms with E-state index in [1.54, 1.807) is 30.8 Å². The lowest BCUT2D eigenvalue weighted by Crippen LogP contribution is -2.23. The fourth-order valence-corrected chi connectivity index (χ4v) is 4.07. The van der Waals surface area contributed by atoms with Crippen molar-refractivity contribution in [2.45, 2.75) is 25.4 Å². The summed E-state index contributed by atoms with van der Waals surface area (Å²) in [6, 6.07) is 6.52. The van der Waals surface area contributed by atoms with Crippen molar-refractivity contribution in [2.24, 2.45) is 7.05 Å². The summed E-state index contributed by atoms with van der Waals surface area (Å²) in [5, 5.41) is 11.0. The number of carbonyl (C=O) groups is 1. The molecule has 8 nitrogen and oxygen atoms in total. The van der Waals surface area contributed by atoms with Crippen molar-refractivity contribution in [3.63, 3.8) is 0 Å². The molecule has 170 valence electrons. The van der Waals surface area contributed by atoms with Crippen molar-refractivity contribution in [1.82, 2.24) is 24.1 Å². The van der Waals surface area contributed by atoms with Gasteiger partial charge in [-0.1, -0.05) is 17.8 Å². The summed E-state index contributed by atoms with van der Waals surface area (Å²) in [5.74, 6) is -1.44. The maximum Gasteiger partial charge on any atom is 0.261 e. The number of thioether (sulfide) groups is 1. The third kappa shape index (κ3) is 4.63. The minimum absolute atomic E-state index is 0.0829. The van der Waals surface area contributed by atoms with Crippen LogP contribution in [-0.2, 0) is 18.3 Å². The molecule has 4 rings (SSSR count). The van der Waals surface area contributed by atoms with E-state index in [0.717, 1.165) is 35.5 Å². The summed E-state index contributed by atoms with van der Waals surface area (Å²) in [6.45, 7) is 3.68. The first-order valence-electron chi connectivity index (χ1n) is 9.98. The van der Waals surface area contributed by atoms with Gasteiger partial charge >= 0.3 is 0 Å². The highest BCUT2D eigenvalue weighted by molar-refractivity contribution is 7.99. The Hall–Kier alpha value is -3.60. The van der Waals surface area contributed by atoms with Gasteiger partial charge in [-0.15, -0.1) is 10.2 Å². The molecule has 1 aromatic carbocycles. The lowest BCUT2D eigenvalue weighted by molar-refractivity contribution is -0.113. The number of nitrogens with zero attached hydrogens (tertiary/aromatic N) is 5. The topological polar surface area (TPSA) is 94.2 Å². The molecule has 0 atom stereocenters. The highest BCUT2D eigenvalue weighted by Gasteiger charge is 2.17. The number of nitrogens with one attached hydrogen (secondary N) is 1. The number of aryl methyl sites for hydroxylation is 2. The van der Waals surface area contributed by atoms with E-state index in [4.69, 9.17) is 0 Å². The molecule has 0 radical (unpaired) electrons. The second-order valence-electron chi connectivity index (χ2n) is 7.46. The van der Waals surface area contributed by atoms with Gasteiger partial charge in [0.05, 0.1) is 11.4 Å². The van der Waals surface area contributed by atoms with E-state index < -0.39 is 17.5 Å². The second-order valence-corrected chi connectivity index (χ2v) is 8.40. The van der Waals surface area contributed by atoms with Gasteiger partial charge in [0.15, 0.2) is 5.16 Å². The molecule has 3 aromatic heterocycles. The van der Waals surface area contributed by atoms with Crippen LogP contribution in [0.25, 0.3) is 5.65 Å². The van der Waals surface area contributed by atoms with E-state index in [9.17, 15) is 18.4 Å². The number of rotatable bonds is 6. The predicted octanol–water partition coefficient (Wildman–Crippen LogP) is 3.04. The van der Waals surface area contributed by atoms with Crippen molar-refractivity contribution in [3.8, 4) is 0 Å². The number of halogens is 2. The van der Waals surface area contributed by atoms with Crippen LogP contribution in [0.2, 0.25) is 0 Å². The number of fused-ring (bicyclic) bond motifs is 1. The summed E-state index contributed by atoms with van der Waals surface area (Å²) in [6.07, 6.45) is 1.90. The Labute approximate surface area is 191 Å². The van der Waals surface area contributed by atoms with Crippen molar-refractivity contribution < 1.29 is 13.6 Å². The Balaban J connectivity index is 1.49. The van der Waals surface area contributed by atoms with Crippen molar-refractivity contribution in [2.75, 3.05) is 11.1 Å². The normalized spacial score (nSPS) is 11.2. The summed E-state index contributed by atoms with van der Waals surface area (Å²) < 4.78 is 30.2. The van der Waals surface area contributed by atoms with Crippen LogP contribution in [0, 0.1) is 25.5 Å². The van der Waals surface area contributed by atoms with E-state index in [-0.39, 0.29) is 23.4 Å². The molecule has 0 spiro atoms. The van der Waals surface area contributed by atoms with Crippen LogP contribution in [0.4, 0.5) is 14.5 Å². The Bertz CT molecular complexity index is 1430. The fourth-order valence-electron chi connectivity index (χ4n) is 3.34. The number of pyridine rings is 1. The zero-order valence-corrected chi connectivity index (χ0v) is 18.9. The highest BCUT2D eigenvalue weighted by atomic mass is 32.2. The highest BCUT2D eigenvalue weighted by Crippen LogP contribution is 2.20. The average molecular weight is 471 g/mol. The molecule has 0 unspecified atom stereocenters. The first kappa shape index (κ1) is 22.6. The van der Waals surface area contributed by atoms with Gasteiger partial charge in [0.2, 0.25) is 5.91 Å². The zero-order chi connectivity index (χ0) is 23.7. The first-order chi connectivity index (χ1) is 15.7. The predicted molar refractivity (Wildman–Crippen MR) is 120 cm³/mol. The molecular weight excluding hydrogens is 450 g/mol. The number of aromatic nitrogens is 5. The Morgan fingerprint density at radius 2 is 1.97 bits per heavy atom. The van der Waals surface area contributed by atoms with Crippen LogP contribution in [0.3, 0.4) is 0 Å². The van der Waals surface area contributed by atoms with Crippen LogP contribution in [0.1, 0.15) is 22.6 Å². The van der Waals surface area contributed by atoms with Gasteiger partial charge in [0.1, 0.15) is 23.1 Å². The first-order valence-corrected chi connectivity index (χ1v) is 11.0. The Morgan fingerprint density at radius 3 is 2.76 bits per heavy atom. The molecule has 0 saturated carbocycles. The molecule has 11 heteroatoms. The quantitative estimate of drug-likeness (QED) is 0.436. The largest absolute Gasteiger partial charge is 0.323 e. The maximum absolute atomic E-state index is 13.7. The van der Waals surface area contributed by atoms with Crippen LogP contribution in [-0.4, -0.2) is 35.8 Å². The van der Waals surface area contributed by atoms with Gasteiger partial charge in [-0.3, -0.25) is 14.0 Å². The van der Waals surface area contributed by atoms with Gasteiger partial charge in [-0.05, 0) is 37.6 Å². The molecule has 0 aliphatic carbocycles. The third-order valence-electron chi connectivity index (χ3n) is 5.14. The van der Waals surface area contributed by atoms with Crippen molar-refractivity contribution >= 4 is 29.0 Å². The number of hydrogen-bond acceptors (Lipinski definition) is 6. The maximum atomic E-state index is 13.7. The number of amides is 1. The number of carbonyl (C=O) groups excluding carboxylic acids is 1. The lowest BCUT2D eigenvalue weighted by Gasteiger charge is -2.09. The summed E-state index contributed by atoms with van der Waals surface area (Å²) >= 11 is 1.09. The van der Waals surface area contributed by atoms with Crippen LogP contribution in [0.5, 0.6) is 0 Å². The number of hydrogen-bond donors (Lipinski definition) is 1. The van der Waals surface area contributed by atoms with E-state index >= 15 is 0 Å². The third-order valence-corrected chi connectivity index (χ3v) is 6.16. The minimum atomic E-state index is -0.725. The summed E-state index contributed by atoms with van der Waals surface area (Å²) in [7, 11) is 1.73. The van der Waals surface area contributed by atoms with Gasteiger partial charge in [0, 0.05) is 37.0 Å². The van der Waals surface area contributed by atoms with Gasteiger partial charge < -0.3 is 9.88 Å². The van der Waals surface area contributed by atoms with E-state index in [1.165, 1.54) is 4.40 Å². The SMILES string of the molecule is Cc1nc2c(C)cccn2c(=O)c1Cc1nnc(SCC(=O)Nc2cc(F)ccc2F)n1C.